The second-order valence-corrected chi connectivity index (χ2v) is 6.72. The van der Waals surface area contributed by atoms with Gasteiger partial charge in [0.25, 0.3) is 11.8 Å². The number of nitrogens with one attached hydrogen (secondary N) is 2. The molecule has 0 aromatic heterocycles. The van der Waals surface area contributed by atoms with Gasteiger partial charge in [-0.3, -0.25) is 9.59 Å². The Morgan fingerprint density at radius 2 is 1.08 bits per heavy atom. The van der Waals surface area contributed by atoms with E-state index < -0.39 is 0 Å². The van der Waals surface area contributed by atoms with Crippen LogP contribution in [0.4, 0.5) is 0 Å². The summed E-state index contributed by atoms with van der Waals surface area (Å²) in [5, 5.41) is 5.46. The highest BCUT2D eigenvalue weighted by molar-refractivity contribution is 7.84. The van der Waals surface area contributed by atoms with Gasteiger partial charge in [0.05, 0.1) is 11.1 Å². The lowest BCUT2D eigenvalue weighted by Gasteiger charge is -2.10. The first-order valence-corrected chi connectivity index (χ1v) is 8.79. The molecule has 0 spiro atoms. The quantitative estimate of drug-likeness (QED) is 0.348. The lowest BCUT2D eigenvalue weighted by Crippen LogP contribution is -2.35. The summed E-state index contributed by atoms with van der Waals surface area (Å²) in [4.78, 5) is 26.5. The van der Waals surface area contributed by atoms with Crippen molar-refractivity contribution in [3.8, 4) is 0 Å². The van der Waals surface area contributed by atoms with Crippen LogP contribution < -0.4 is 10.6 Å². The molecule has 0 radical (unpaired) electrons. The highest BCUT2D eigenvalue weighted by Gasteiger charge is 2.12. The van der Waals surface area contributed by atoms with Crippen LogP contribution in [-0.2, 0) is 0 Å². The highest BCUT2D eigenvalue weighted by atomic mass is 32.1. The van der Waals surface area contributed by atoms with E-state index in [9.17, 15) is 9.59 Å². The highest BCUT2D eigenvalue weighted by Crippen LogP contribution is 2.22. The van der Waals surface area contributed by atoms with E-state index in [-0.39, 0.29) is 24.9 Å². The number of hydrogen-bond donors (Lipinski definition) is 6. The second-order valence-electron chi connectivity index (χ2n) is 4.86. The predicted octanol–water partition coefficient (Wildman–Crippen LogP) is 3.00. The Kier molecular flexibility index (Phi) is 6.97. The van der Waals surface area contributed by atoms with Gasteiger partial charge in [-0.25, -0.2) is 0 Å². The van der Waals surface area contributed by atoms with Gasteiger partial charge in [-0.15, -0.1) is 50.5 Å². The molecular weight excluding hydrogens is 380 g/mol. The van der Waals surface area contributed by atoms with Crippen LogP contribution >= 0.6 is 50.5 Å². The Bertz CT molecular complexity index is 715. The molecule has 2 aromatic carbocycles. The molecule has 0 bridgehead atoms. The molecule has 126 valence electrons. The van der Waals surface area contributed by atoms with E-state index in [1.165, 1.54) is 0 Å². The molecule has 0 heterocycles. The number of carbonyl (C=O) groups excluding carboxylic acids is 2. The molecule has 0 fully saturated rings. The second kappa shape index (κ2) is 8.75. The maximum absolute atomic E-state index is 12.1. The minimum Gasteiger partial charge on any atom is -0.350 e. The maximum Gasteiger partial charge on any atom is 0.252 e. The van der Waals surface area contributed by atoms with Gasteiger partial charge in [-0.05, 0) is 24.3 Å². The van der Waals surface area contributed by atoms with Crippen LogP contribution in [0.2, 0.25) is 0 Å². The molecule has 0 unspecified atom stereocenters. The van der Waals surface area contributed by atoms with Crippen molar-refractivity contribution in [2.75, 3.05) is 13.1 Å². The summed E-state index contributed by atoms with van der Waals surface area (Å²) >= 11 is 17.0. The van der Waals surface area contributed by atoms with Gasteiger partial charge in [-0.1, -0.05) is 12.1 Å². The summed E-state index contributed by atoms with van der Waals surface area (Å²) in [5.74, 6) is -0.533. The van der Waals surface area contributed by atoms with Crippen LogP contribution in [0, 0.1) is 0 Å². The monoisotopic (exact) mass is 396 g/mol. The van der Waals surface area contributed by atoms with Gasteiger partial charge >= 0.3 is 0 Å². The third kappa shape index (κ3) is 4.66. The third-order valence-electron chi connectivity index (χ3n) is 3.21. The van der Waals surface area contributed by atoms with Gasteiger partial charge in [-0.2, -0.15) is 0 Å². The smallest absolute Gasteiger partial charge is 0.252 e. The lowest BCUT2D eigenvalue weighted by atomic mass is 10.2. The van der Waals surface area contributed by atoms with Crippen molar-refractivity contribution in [1.82, 2.24) is 10.6 Å². The number of rotatable bonds is 5. The standard InChI is InChI=1S/C16H16N2O2S4/c19-15(9-3-1-5-11(21)13(9)23)17-7-8-18-16(20)10-4-2-6-12(22)14(10)24/h1-6,21-24H,7-8H2,(H,17,19)(H,18,20). The summed E-state index contributed by atoms with van der Waals surface area (Å²) < 4.78 is 0. The van der Waals surface area contributed by atoms with Crippen LogP contribution in [0.3, 0.4) is 0 Å². The van der Waals surface area contributed by atoms with Crippen LogP contribution in [0.1, 0.15) is 20.7 Å². The van der Waals surface area contributed by atoms with Crippen molar-refractivity contribution < 1.29 is 9.59 Å². The number of benzene rings is 2. The third-order valence-corrected chi connectivity index (χ3v) is 5.28. The molecule has 0 atom stereocenters. The number of thiol groups is 4. The molecule has 8 heteroatoms. The van der Waals surface area contributed by atoms with Gasteiger partial charge in [0.1, 0.15) is 0 Å². The van der Waals surface area contributed by atoms with Crippen LogP contribution in [0.25, 0.3) is 0 Å². The van der Waals surface area contributed by atoms with E-state index in [2.05, 4.69) is 61.1 Å². The zero-order chi connectivity index (χ0) is 17.7. The minimum absolute atomic E-state index is 0.266. The van der Waals surface area contributed by atoms with Crippen molar-refractivity contribution in [2.45, 2.75) is 19.6 Å². The Labute approximate surface area is 162 Å². The number of amides is 2. The molecule has 2 rings (SSSR count). The number of hydrogen-bond acceptors (Lipinski definition) is 6. The molecule has 24 heavy (non-hydrogen) atoms. The van der Waals surface area contributed by atoms with E-state index in [4.69, 9.17) is 0 Å². The van der Waals surface area contributed by atoms with Gasteiger partial charge < -0.3 is 10.6 Å². The topological polar surface area (TPSA) is 58.2 Å². The number of carbonyl (C=O) groups is 2. The summed E-state index contributed by atoms with van der Waals surface area (Å²) in [5.41, 5.74) is 0.884. The lowest BCUT2D eigenvalue weighted by molar-refractivity contribution is 0.0924. The van der Waals surface area contributed by atoms with Crippen molar-refractivity contribution in [3.05, 3.63) is 47.5 Å². The molecule has 0 aliphatic carbocycles. The first-order chi connectivity index (χ1) is 11.4. The van der Waals surface area contributed by atoms with Gasteiger partial charge in [0.15, 0.2) is 0 Å². The Morgan fingerprint density at radius 3 is 1.46 bits per heavy atom. The van der Waals surface area contributed by atoms with E-state index in [1.54, 1.807) is 36.4 Å². The van der Waals surface area contributed by atoms with Crippen molar-refractivity contribution in [3.63, 3.8) is 0 Å². The molecule has 2 aromatic rings. The summed E-state index contributed by atoms with van der Waals surface area (Å²) in [6.07, 6.45) is 0. The zero-order valence-corrected chi connectivity index (χ0v) is 16.1. The fourth-order valence-electron chi connectivity index (χ4n) is 1.97. The first-order valence-electron chi connectivity index (χ1n) is 7.00. The van der Waals surface area contributed by atoms with E-state index in [1.807, 2.05) is 0 Å². The molecule has 2 N–H and O–H groups in total. The molecule has 2 amide bonds. The van der Waals surface area contributed by atoms with Crippen LogP contribution in [0.15, 0.2) is 56.0 Å². The predicted molar refractivity (Wildman–Crippen MR) is 107 cm³/mol. The Balaban J connectivity index is 1.86. The fraction of sp³-hybridized carbons (Fsp3) is 0.125. The molecule has 4 nitrogen and oxygen atoms in total. The molecular formula is C16H16N2O2S4. The van der Waals surface area contributed by atoms with Crippen LogP contribution in [-0.4, -0.2) is 24.9 Å². The molecule has 0 aliphatic rings. The molecule has 0 saturated heterocycles. The average molecular weight is 397 g/mol. The normalized spacial score (nSPS) is 10.3. The van der Waals surface area contributed by atoms with E-state index in [0.717, 1.165) is 0 Å². The van der Waals surface area contributed by atoms with Crippen molar-refractivity contribution in [1.29, 1.82) is 0 Å². The average Bonchev–Trinajstić information content (AvgIpc) is 2.56. The molecule has 0 aliphatic heterocycles. The Morgan fingerprint density at radius 1 is 0.708 bits per heavy atom. The maximum atomic E-state index is 12.1. The van der Waals surface area contributed by atoms with E-state index >= 15 is 0 Å². The largest absolute Gasteiger partial charge is 0.350 e. The summed E-state index contributed by atoms with van der Waals surface area (Å²) in [6, 6.07) is 10.3. The van der Waals surface area contributed by atoms with Crippen molar-refractivity contribution >= 4 is 62.3 Å². The van der Waals surface area contributed by atoms with Gasteiger partial charge in [0.2, 0.25) is 0 Å². The first kappa shape index (κ1) is 19.1. The molecule has 0 saturated carbocycles. The van der Waals surface area contributed by atoms with Crippen molar-refractivity contribution in [2.24, 2.45) is 0 Å². The zero-order valence-electron chi connectivity index (χ0n) is 12.5. The van der Waals surface area contributed by atoms with Gasteiger partial charge in [0, 0.05) is 32.7 Å². The SMILES string of the molecule is O=C(NCCNC(=O)c1cccc(S)c1S)c1cccc(S)c1S. The van der Waals surface area contributed by atoms with Crippen LogP contribution in [0.5, 0.6) is 0 Å². The Hall–Kier alpha value is -1.22. The fourth-order valence-corrected chi connectivity index (χ4v) is 2.89. The minimum atomic E-state index is -0.266. The summed E-state index contributed by atoms with van der Waals surface area (Å²) in [6.45, 7) is 0.578. The van der Waals surface area contributed by atoms with E-state index in [0.29, 0.717) is 30.7 Å². The summed E-state index contributed by atoms with van der Waals surface area (Å²) in [7, 11) is 0.